The smallest absolute Gasteiger partial charge is 0.269 e. The van der Waals surface area contributed by atoms with Gasteiger partial charge in [-0.3, -0.25) is 10.1 Å². The van der Waals surface area contributed by atoms with E-state index in [0.29, 0.717) is 12.0 Å². The van der Waals surface area contributed by atoms with Crippen LogP contribution >= 0.6 is 0 Å². The molecule has 4 heteroatoms. The van der Waals surface area contributed by atoms with Crippen LogP contribution in [0, 0.1) is 22.0 Å². The Bertz CT molecular complexity index is 448. The van der Waals surface area contributed by atoms with Gasteiger partial charge in [-0.2, -0.15) is 0 Å². The lowest BCUT2D eigenvalue weighted by molar-refractivity contribution is -0.384. The first-order valence-electron chi connectivity index (χ1n) is 7.00. The van der Waals surface area contributed by atoms with Crippen LogP contribution in [0.15, 0.2) is 24.3 Å². The van der Waals surface area contributed by atoms with Gasteiger partial charge in [-0.25, -0.2) is 0 Å². The van der Waals surface area contributed by atoms with E-state index in [-0.39, 0.29) is 10.6 Å². The number of benzene rings is 1. The van der Waals surface area contributed by atoms with Crippen LogP contribution in [-0.4, -0.2) is 18.0 Å². The van der Waals surface area contributed by atoms with E-state index in [2.05, 4.69) is 12.2 Å². The Morgan fingerprint density at radius 3 is 2.89 bits per heavy atom. The molecular formula is C15H22N2O2. The fourth-order valence-corrected chi connectivity index (χ4v) is 3.20. The molecule has 1 aromatic rings. The van der Waals surface area contributed by atoms with Gasteiger partial charge in [0.2, 0.25) is 0 Å². The van der Waals surface area contributed by atoms with Crippen LogP contribution in [0.3, 0.4) is 0 Å². The van der Waals surface area contributed by atoms with Crippen LogP contribution in [0.2, 0.25) is 0 Å². The number of nitro benzene ring substituents is 1. The summed E-state index contributed by atoms with van der Waals surface area (Å²) < 4.78 is 0. The molecule has 3 unspecified atom stereocenters. The minimum Gasteiger partial charge on any atom is -0.317 e. The summed E-state index contributed by atoms with van der Waals surface area (Å²) in [6.07, 6.45) is 4.61. The lowest BCUT2D eigenvalue weighted by Crippen LogP contribution is -2.39. The zero-order valence-corrected chi connectivity index (χ0v) is 11.6. The first-order valence-corrected chi connectivity index (χ1v) is 7.00. The molecule has 0 heterocycles. The zero-order chi connectivity index (χ0) is 13.8. The molecule has 0 amide bonds. The molecule has 0 saturated heterocycles. The summed E-state index contributed by atoms with van der Waals surface area (Å²) >= 11 is 0. The van der Waals surface area contributed by atoms with Crippen LogP contribution in [0.5, 0.6) is 0 Å². The lowest BCUT2D eigenvalue weighted by atomic mass is 9.76. The first kappa shape index (κ1) is 14.0. The van der Waals surface area contributed by atoms with E-state index in [4.69, 9.17) is 0 Å². The number of hydrogen-bond donors (Lipinski definition) is 1. The predicted octanol–water partition coefficient (Wildman–Crippen LogP) is 3.16. The van der Waals surface area contributed by atoms with Crippen molar-refractivity contribution in [2.45, 2.75) is 38.6 Å². The van der Waals surface area contributed by atoms with Crippen molar-refractivity contribution in [3.63, 3.8) is 0 Å². The highest BCUT2D eigenvalue weighted by Gasteiger charge is 2.27. The summed E-state index contributed by atoms with van der Waals surface area (Å²) in [7, 11) is 2.01. The topological polar surface area (TPSA) is 55.2 Å². The highest BCUT2D eigenvalue weighted by Crippen LogP contribution is 2.31. The van der Waals surface area contributed by atoms with E-state index in [0.717, 1.165) is 17.9 Å². The van der Waals surface area contributed by atoms with E-state index in [9.17, 15) is 10.1 Å². The van der Waals surface area contributed by atoms with Crippen molar-refractivity contribution in [1.29, 1.82) is 0 Å². The van der Waals surface area contributed by atoms with Crippen molar-refractivity contribution < 1.29 is 4.92 Å². The molecule has 1 aromatic carbocycles. The Morgan fingerprint density at radius 2 is 2.21 bits per heavy atom. The van der Waals surface area contributed by atoms with E-state index in [1.54, 1.807) is 18.2 Å². The number of nitrogens with zero attached hydrogens (tertiary/aromatic N) is 1. The molecule has 1 aliphatic carbocycles. The van der Waals surface area contributed by atoms with Crippen molar-refractivity contribution in [3.8, 4) is 0 Å². The van der Waals surface area contributed by atoms with E-state index >= 15 is 0 Å². The second-order valence-electron chi connectivity index (χ2n) is 5.70. The Morgan fingerprint density at radius 1 is 1.42 bits per heavy atom. The molecule has 3 atom stereocenters. The molecule has 1 fully saturated rings. The van der Waals surface area contributed by atoms with Gasteiger partial charge in [-0.15, -0.1) is 0 Å². The number of nitrogens with one attached hydrogen (secondary N) is 1. The standard InChI is InChI=1S/C15H22N2O2/c1-11-6-7-15(16-2)13(8-11)9-12-4-3-5-14(10-12)17(18)19/h3-5,10-11,13,15-16H,6-9H2,1-2H3. The van der Waals surface area contributed by atoms with Crippen molar-refractivity contribution in [3.05, 3.63) is 39.9 Å². The van der Waals surface area contributed by atoms with Gasteiger partial charge in [0.05, 0.1) is 4.92 Å². The molecule has 1 N–H and O–H groups in total. The third-order valence-corrected chi connectivity index (χ3v) is 4.23. The summed E-state index contributed by atoms with van der Waals surface area (Å²) in [5.41, 5.74) is 1.27. The highest BCUT2D eigenvalue weighted by molar-refractivity contribution is 5.34. The molecule has 4 nitrogen and oxygen atoms in total. The summed E-state index contributed by atoms with van der Waals surface area (Å²) in [5, 5.41) is 14.2. The molecule has 0 spiro atoms. The van der Waals surface area contributed by atoms with Crippen molar-refractivity contribution >= 4 is 5.69 Å². The fraction of sp³-hybridized carbons (Fsp3) is 0.600. The van der Waals surface area contributed by atoms with Crippen LogP contribution in [0.25, 0.3) is 0 Å². The number of rotatable bonds is 4. The number of hydrogen-bond acceptors (Lipinski definition) is 3. The largest absolute Gasteiger partial charge is 0.317 e. The minimum atomic E-state index is -0.317. The van der Waals surface area contributed by atoms with Crippen LogP contribution in [-0.2, 0) is 6.42 Å². The Balaban J connectivity index is 2.10. The van der Waals surface area contributed by atoms with Crippen LogP contribution in [0.1, 0.15) is 31.7 Å². The normalized spacial score (nSPS) is 27.2. The van der Waals surface area contributed by atoms with Gasteiger partial charge in [0.15, 0.2) is 0 Å². The van der Waals surface area contributed by atoms with Gasteiger partial charge in [-0.1, -0.05) is 19.1 Å². The Kier molecular flexibility index (Phi) is 4.53. The van der Waals surface area contributed by atoms with Gasteiger partial charge in [-0.05, 0) is 50.1 Å². The maximum Gasteiger partial charge on any atom is 0.269 e. The predicted molar refractivity (Wildman–Crippen MR) is 76.2 cm³/mol. The fourth-order valence-electron chi connectivity index (χ4n) is 3.20. The van der Waals surface area contributed by atoms with Crippen molar-refractivity contribution in [1.82, 2.24) is 5.32 Å². The first-order chi connectivity index (χ1) is 9.10. The summed E-state index contributed by atoms with van der Waals surface area (Å²) in [4.78, 5) is 10.5. The number of non-ortho nitro benzene ring substituents is 1. The molecule has 0 radical (unpaired) electrons. The highest BCUT2D eigenvalue weighted by atomic mass is 16.6. The van der Waals surface area contributed by atoms with Crippen LogP contribution < -0.4 is 5.32 Å². The van der Waals surface area contributed by atoms with E-state index in [1.165, 1.54) is 19.3 Å². The monoisotopic (exact) mass is 262 g/mol. The molecule has 104 valence electrons. The van der Waals surface area contributed by atoms with Gasteiger partial charge >= 0.3 is 0 Å². The summed E-state index contributed by atoms with van der Waals surface area (Å²) in [6.45, 7) is 2.30. The lowest BCUT2D eigenvalue weighted by Gasteiger charge is -2.34. The molecule has 1 aliphatic rings. The Hall–Kier alpha value is -1.42. The molecule has 0 bridgehead atoms. The molecule has 1 saturated carbocycles. The summed E-state index contributed by atoms with van der Waals surface area (Å²) in [6, 6.07) is 7.59. The van der Waals surface area contributed by atoms with Gasteiger partial charge in [0, 0.05) is 18.2 Å². The molecule has 0 aliphatic heterocycles. The molecule has 19 heavy (non-hydrogen) atoms. The van der Waals surface area contributed by atoms with Crippen molar-refractivity contribution in [2.24, 2.45) is 11.8 Å². The number of nitro groups is 1. The van der Waals surface area contributed by atoms with Gasteiger partial charge < -0.3 is 5.32 Å². The van der Waals surface area contributed by atoms with E-state index in [1.807, 2.05) is 13.1 Å². The zero-order valence-electron chi connectivity index (χ0n) is 11.6. The van der Waals surface area contributed by atoms with Crippen molar-refractivity contribution in [2.75, 3.05) is 7.05 Å². The maximum atomic E-state index is 10.8. The average molecular weight is 262 g/mol. The molecule has 2 rings (SSSR count). The quantitative estimate of drug-likeness (QED) is 0.670. The Labute approximate surface area is 114 Å². The third-order valence-electron chi connectivity index (χ3n) is 4.23. The van der Waals surface area contributed by atoms with Gasteiger partial charge in [0.25, 0.3) is 5.69 Å². The van der Waals surface area contributed by atoms with E-state index < -0.39 is 0 Å². The van der Waals surface area contributed by atoms with Gasteiger partial charge in [0.1, 0.15) is 0 Å². The minimum absolute atomic E-state index is 0.197. The van der Waals surface area contributed by atoms with Crippen LogP contribution in [0.4, 0.5) is 5.69 Å². The summed E-state index contributed by atoms with van der Waals surface area (Å²) in [5.74, 6) is 1.34. The molecule has 0 aromatic heterocycles. The second-order valence-corrected chi connectivity index (χ2v) is 5.70. The third kappa shape index (κ3) is 3.53. The molecular weight excluding hydrogens is 240 g/mol. The second kappa shape index (κ2) is 6.15. The average Bonchev–Trinajstić information content (AvgIpc) is 2.39. The SMILES string of the molecule is CNC1CCC(C)CC1Cc1cccc([N+](=O)[O-])c1. The maximum absolute atomic E-state index is 10.8.